The van der Waals surface area contributed by atoms with Crippen LogP contribution in [0.1, 0.15) is 18.9 Å². The van der Waals surface area contributed by atoms with E-state index in [1.807, 2.05) is 25.1 Å². The predicted molar refractivity (Wildman–Crippen MR) is 67.0 cm³/mol. The molecule has 15 heavy (non-hydrogen) atoms. The van der Waals surface area contributed by atoms with Gasteiger partial charge in [0.1, 0.15) is 5.75 Å². The normalized spacial score (nSPS) is 10.1. The largest absolute Gasteiger partial charge is 0.493 e. The summed E-state index contributed by atoms with van der Waals surface area (Å²) >= 11 is 3.40. The van der Waals surface area contributed by atoms with Crippen molar-refractivity contribution in [1.82, 2.24) is 0 Å². The van der Waals surface area contributed by atoms with Crippen LogP contribution in [0.5, 0.6) is 5.75 Å². The van der Waals surface area contributed by atoms with Gasteiger partial charge in [-0.3, -0.25) is 0 Å². The lowest BCUT2D eigenvalue weighted by Crippen LogP contribution is -2.04. The van der Waals surface area contributed by atoms with Gasteiger partial charge in [0.15, 0.2) is 0 Å². The Hall–Kier alpha value is -0.800. The van der Waals surface area contributed by atoms with Crippen LogP contribution < -0.4 is 10.5 Å². The molecule has 1 rings (SSSR count). The molecular formula is C12H16BrNO. The van der Waals surface area contributed by atoms with Crippen molar-refractivity contribution in [2.75, 3.05) is 6.61 Å². The Morgan fingerprint density at radius 2 is 2.27 bits per heavy atom. The third-order valence-corrected chi connectivity index (χ3v) is 2.52. The monoisotopic (exact) mass is 269 g/mol. The fourth-order valence-electron chi connectivity index (χ4n) is 1.18. The number of hydrogen-bond donors (Lipinski definition) is 1. The first-order chi connectivity index (χ1) is 7.13. The van der Waals surface area contributed by atoms with E-state index in [-0.39, 0.29) is 0 Å². The third-order valence-electron chi connectivity index (χ3n) is 2.03. The summed E-state index contributed by atoms with van der Waals surface area (Å²) in [5.41, 5.74) is 7.78. The number of halogens is 1. The van der Waals surface area contributed by atoms with E-state index in [2.05, 4.69) is 22.5 Å². The average Bonchev–Trinajstić information content (AvgIpc) is 2.19. The number of benzene rings is 1. The lowest BCUT2D eigenvalue weighted by molar-refractivity contribution is 0.318. The highest BCUT2D eigenvalue weighted by atomic mass is 79.9. The lowest BCUT2D eigenvalue weighted by atomic mass is 10.2. The molecule has 0 aliphatic rings. The number of nitrogens with two attached hydrogens (primary N) is 1. The van der Waals surface area contributed by atoms with Gasteiger partial charge in [-0.05, 0) is 25.1 Å². The summed E-state index contributed by atoms with van der Waals surface area (Å²) in [4.78, 5) is 0. The molecule has 2 nitrogen and oxygen atoms in total. The van der Waals surface area contributed by atoms with Gasteiger partial charge in [0, 0.05) is 23.0 Å². The highest BCUT2D eigenvalue weighted by molar-refractivity contribution is 9.10. The molecular weight excluding hydrogens is 254 g/mol. The molecule has 0 amide bonds. The molecule has 0 aromatic heterocycles. The van der Waals surface area contributed by atoms with E-state index in [9.17, 15) is 0 Å². The summed E-state index contributed by atoms with van der Waals surface area (Å²) in [7, 11) is 0. The molecule has 0 spiro atoms. The van der Waals surface area contributed by atoms with Crippen LogP contribution >= 0.6 is 15.9 Å². The minimum absolute atomic E-state index is 0.488. The zero-order valence-corrected chi connectivity index (χ0v) is 10.5. The van der Waals surface area contributed by atoms with Crippen LogP contribution in [0.15, 0.2) is 34.8 Å². The zero-order valence-electron chi connectivity index (χ0n) is 8.92. The molecule has 2 N–H and O–H groups in total. The van der Waals surface area contributed by atoms with Crippen molar-refractivity contribution in [3.63, 3.8) is 0 Å². The fourth-order valence-corrected chi connectivity index (χ4v) is 1.59. The first kappa shape index (κ1) is 12.3. The Balaban J connectivity index is 2.63. The molecule has 1 aromatic rings. The summed E-state index contributed by atoms with van der Waals surface area (Å²) in [6, 6.07) is 5.87. The molecule has 1 aromatic carbocycles. The number of hydrogen-bond acceptors (Lipinski definition) is 2. The van der Waals surface area contributed by atoms with E-state index < -0.39 is 0 Å². The standard InChI is InChI=1S/C12H16BrNO/c1-9(2)5-6-15-12-4-3-11(13)7-10(12)8-14/h3-4,7H,1,5-6,8,14H2,2H3. The first-order valence-corrected chi connectivity index (χ1v) is 5.68. The van der Waals surface area contributed by atoms with Gasteiger partial charge >= 0.3 is 0 Å². The summed E-state index contributed by atoms with van der Waals surface area (Å²) in [6.07, 6.45) is 0.875. The molecule has 82 valence electrons. The lowest BCUT2D eigenvalue weighted by Gasteiger charge is -2.10. The second-order valence-electron chi connectivity index (χ2n) is 3.51. The SMILES string of the molecule is C=C(C)CCOc1ccc(Br)cc1CN. The van der Waals surface area contributed by atoms with Crippen LogP contribution in [0.2, 0.25) is 0 Å². The Labute approximate surface area is 99.3 Å². The molecule has 0 heterocycles. The van der Waals surface area contributed by atoms with Gasteiger partial charge in [0.2, 0.25) is 0 Å². The molecule has 0 fully saturated rings. The van der Waals surface area contributed by atoms with E-state index in [0.29, 0.717) is 13.2 Å². The smallest absolute Gasteiger partial charge is 0.123 e. The summed E-state index contributed by atoms with van der Waals surface area (Å²) in [5, 5.41) is 0. The Morgan fingerprint density at radius 1 is 1.53 bits per heavy atom. The maximum absolute atomic E-state index is 5.63. The molecule has 0 aliphatic heterocycles. The van der Waals surface area contributed by atoms with Gasteiger partial charge in [0.05, 0.1) is 6.61 Å². The predicted octanol–water partition coefficient (Wildman–Crippen LogP) is 3.25. The fraction of sp³-hybridized carbons (Fsp3) is 0.333. The summed E-state index contributed by atoms with van der Waals surface area (Å²) < 4.78 is 6.66. The molecule has 3 heteroatoms. The topological polar surface area (TPSA) is 35.2 Å². The third kappa shape index (κ3) is 4.06. The van der Waals surface area contributed by atoms with Crippen LogP contribution in [0.25, 0.3) is 0 Å². The van der Waals surface area contributed by atoms with Gasteiger partial charge in [-0.2, -0.15) is 0 Å². The minimum atomic E-state index is 0.488. The van der Waals surface area contributed by atoms with Crippen molar-refractivity contribution in [2.24, 2.45) is 5.73 Å². The van der Waals surface area contributed by atoms with Gasteiger partial charge in [-0.15, -0.1) is 6.58 Å². The zero-order chi connectivity index (χ0) is 11.3. The van der Waals surface area contributed by atoms with E-state index in [1.165, 1.54) is 0 Å². The molecule has 0 saturated carbocycles. The Kier molecular flexibility index (Phi) is 4.85. The van der Waals surface area contributed by atoms with Crippen LogP contribution in [0.3, 0.4) is 0 Å². The van der Waals surface area contributed by atoms with Crippen LogP contribution in [0, 0.1) is 0 Å². The highest BCUT2D eigenvalue weighted by Gasteiger charge is 2.02. The summed E-state index contributed by atoms with van der Waals surface area (Å²) in [6.45, 7) is 6.97. The Bertz CT molecular complexity index is 349. The van der Waals surface area contributed by atoms with Crippen molar-refractivity contribution in [2.45, 2.75) is 19.9 Å². The maximum atomic E-state index is 5.63. The Morgan fingerprint density at radius 3 is 2.87 bits per heavy atom. The second kappa shape index (κ2) is 5.93. The molecule has 0 atom stereocenters. The minimum Gasteiger partial charge on any atom is -0.493 e. The number of ether oxygens (including phenoxy) is 1. The molecule has 0 aliphatic carbocycles. The second-order valence-corrected chi connectivity index (χ2v) is 4.43. The number of rotatable bonds is 5. The molecule has 0 unspecified atom stereocenters. The molecule has 0 saturated heterocycles. The van der Waals surface area contributed by atoms with E-state index in [1.54, 1.807) is 0 Å². The van der Waals surface area contributed by atoms with Crippen molar-refractivity contribution in [3.05, 3.63) is 40.4 Å². The van der Waals surface area contributed by atoms with Crippen LogP contribution in [0.4, 0.5) is 0 Å². The molecule has 0 bridgehead atoms. The van der Waals surface area contributed by atoms with Gasteiger partial charge < -0.3 is 10.5 Å². The van der Waals surface area contributed by atoms with Gasteiger partial charge in [-0.25, -0.2) is 0 Å². The van der Waals surface area contributed by atoms with Gasteiger partial charge in [0.25, 0.3) is 0 Å². The summed E-state index contributed by atoms with van der Waals surface area (Å²) in [5.74, 6) is 0.863. The van der Waals surface area contributed by atoms with Crippen molar-refractivity contribution < 1.29 is 4.74 Å². The van der Waals surface area contributed by atoms with Crippen LogP contribution in [-0.4, -0.2) is 6.61 Å². The highest BCUT2D eigenvalue weighted by Crippen LogP contribution is 2.23. The first-order valence-electron chi connectivity index (χ1n) is 4.89. The van der Waals surface area contributed by atoms with E-state index in [0.717, 1.165) is 27.8 Å². The quantitative estimate of drug-likeness (QED) is 0.833. The average molecular weight is 270 g/mol. The van der Waals surface area contributed by atoms with Crippen molar-refractivity contribution in [3.8, 4) is 5.75 Å². The molecule has 0 radical (unpaired) electrons. The van der Waals surface area contributed by atoms with Gasteiger partial charge in [-0.1, -0.05) is 21.5 Å². The van der Waals surface area contributed by atoms with Crippen LogP contribution in [-0.2, 0) is 6.54 Å². The van der Waals surface area contributed by atoms with E-state index in [4.69, 9.17) is 10.5 Å². The van der Waals surface area contributed by atoms with E-state index >= 15 is 0 Å². The van der Waals surface area contributed by atoms with Crippen molar-refractivity contribution in [1.29, 1.82) is 0 Å². The maximum Gasteiger partial charge on any atom is 0.123 e. The van der Waals surface area contributed by atoms with Crippen molar-refractivity contribution >= 4 is 15.9 Å².